The summed E-state index contributed by atoms with van der Waals surface area (Å²) in [5.74, 6) is -0.0978. The van der Waals surface area contributed by atoms with Gasteiger partial charge in [-0.15, -0.1) is 5.10 Å². The molecule has 0 fully saturated rings. The lowest BCUT2D eigenvalue weighted by molar-refractivity contribution is -0.121. The van der Waals surface area contributed by atoms with E-state index < -0.39 is 0 Å². The number of nitrogens with two attached hydrogens (primary N) is 1. The van der Waals surface area contributed by atoms with Gasteiger partial charge in [0.1, 0.15) is 6.54 Å². The van der Waals surface area contributed by atoms with Gasteiger partial charge >= 0.3 is 0 Å². The first-order chi connectivity index (χ1) is 6.72. The van der Waals surface area contributed by atoms with Gasteiger partial charge in [-0.25, -0.2) is 4.68 Å². The molecule has 3 N–H and O–H groups in total. The summed E-state index contributed by atoms with van der Waals surface area (Å²) in [6, 6.07) is 0.0229. The highest BCUT2D eigenvalue weighted by Gasteiger charge is 2.04. The van der Waals surface area contributed by atoms with E-state index >= 15 is 0 Å². The van der Waals surface area contributed by atoms with E-state index in [1.807, 2.05) is 6.92 Å². The maximum atomic E-state index is 11.3. The van der Waals surface area contributed by atoms with Crippen molar-refractivity contribution in [2.24, 2.45) is 5.73 Å². The molecule has 1 aromatic heterocycles. The second kappa shape index (κ2) is 5.33. The number of nitrogens with zero attached hydrogens (tertiary/aromatic N) is 3. The molecule has 1 aromatic rings. The highest BCUT2D eigenvalue weighted by Crippen LogP contribution is 1.84. The lowest BCUT2D eigenvalue weighted by Gasteiger charge is -2.09. The van der Waals surface area contributed by atoms with Gasteiger partial charge in [0.15, 0.2) is 0 Å². The summed E-state index contributed by atoms with van der Waals surface area (Å²) in [5, 5.41) is 9.99. The van der Waals surface area contributed by atoms with Crippen LogP contribution in [-0.4, -0.2) is 33.5 Å². The van der Waals surface area contributed by atoms with Crippen molar-refractivity contribution in [3.05, 3.63) is 12.4 Å². The topological polar surface area (TPSA) is 85.8 Å². The van der Waals surface area contributed by atoms with Crippen molar-refractivity contribution >= 4 is 5.91 Å². The van der Waals surface area contributed by atoms with E-state index in [1.165, 1.54) is 10.9 Å². The number of amides is 1. The fraction of sp³-hybridized carbons (Fsp3) is 0.625. The van der Waals surface area contributed by atoms with Crippen molar-refractivity contribution in [3.63, 3.8) is 0 Å². The Bertz CT molecular complexity index is 271. The van der Waals surface area contributed by atoms with E-state index in [0.717, 1.165) is 6.42 Å². The lowest BCUT2D eigenvalue weighted by atomic mass is 10.2. The van der Waals surface area contributed by atoms with Crippen LogP contribution in [0, 0.1) is 0 Å². The van der Waals surface area contributed by atoms with Crippen LogP contribution in [0.25, 0.3) is 0 Å². The van der Waals surface area contributed by atoms with Crippen molar-refractivity contribution in [2.45, 2.75) is 25.9 Å². The molecule has 0 saturated carbocycles. The van der Waals surface area contributed by atoms with Gasteiger partial charge in [0.05, 0.1) is 6.20 Å². The molecule has 1 amide bonds. The maximum absolute atomic E-state index is 11.3. The van der Waals surface area contributed by atoms with Gasteiger partial charge in [-0.2, -0.15) is 0 Å². The van der Waals surface area contributed by atoms with E-state index in [2.05, 4.69) is 15.6 Å². The van der Waals surface area contributed by atoms with E-state index in [9.17, 15) is 4.79 Å². The molecule has 1 rings (SSSR count). The minimum Gasteiger partial charge on any atom is -0.353 e. The average molecular weight is 197 g/mol. The third-order valence-corrected chi connectivity index (χ3v) is 1.86. The summed E-state index contributed by atoms with van der Waals surface area (Å²) in [4.78, 5) is 11.3. The van der Waals surface area contributed by atoms with Gasteiger partial charge in [0.25, 0.3) is 0 Å². The molecular weight excluding hydrogens is 182 g/mol. The minimum absolute atomic E-state index is 0.0229. The molecule has 6 nitrogen and oxygen atoms in total. The fourth-order valence-corrected chi connectivity index (χ4v) is 0.909. The Hall–Kier alpha value is -1.43. The third kappa shape index (κ3) is 3.53. The van der Waals surface area contributed by atoms with Crippen LogP contribution in [0.5, 0.6) is 0 Å². The van der Waals surface area contributed by atoms with Gasteiger partial charge in [-0.05, 0) is 6.42 Å². The standard InChI is InChI=1S/C8H15N5O/c1-2-7(9)5-10-8(14)6-13-4-3-11-12-13/h3-4,7H,2,5-6,9H2,1H3,(H,10,14). The minimum atomic E-state index is -0.0978. The van der Waals surface area contributed by atoms with Crippen LogP contribution in [0.3, 0.4) is 0 Å². The van der Waals surface area contributed by atoms with Crippen LogP contribution in [0.1, 0.15) is 13.3 Å². The molecule has 0 saturated heterocycles. The van der Waals surface area contributed by atoms with Gasteiger partial charge in [-0.1, -0.05) is 12.1 Å². The van der Waals surface area contributed by atoms with Crippen LogP contribution in [0.4, 0.5) is 0 Å². The zero-order chi connectivity index (χ0) is 10.4. The summed E-state index contributed by atoms with van der Waals surface area (Å²) in [7, 11) is 0. The largest absolute Gasteiger partial charge is 0.353 e. The molecule has 14 heavy (non-hydrogen) atoms. The predicted molar refractivity (Wildman–Crippen MR) is 51.3 cm³/mol. The van der Waals surface area contributed by atoms with E-state index in [4.69, 9.17) is 5.73 Å². The molecule has 6 heteroatoms. The van der Waals surface area contributed by atoms with E-state index in [-0.39, 0.29) is 18.5 Å². The van der Waals surface area contributed by atoms with Crippen molar-refractivity contribution in [1.82, 2.24) is 20.3 Å². The molecule has 0 spiro atoms. The first-order valence-electron chi connectivity index (χ1n) is 4.58. The van der Waals surface area contributed by atoms with Crippen molar-refractivity contribution in [3.8, 4) is 0 Å². The molecule has 0 aliphatic rings. The predicted octanol–water partition coefficient (Wildman–Crippen LogP) is -0.868. The van der Waals surface area contributed by atoms with Crippen molar-refractivity contribution < 1.29 is 4.79 Å². The number of carbonyl (C=O) groups excluding carboxylic acids is 1. The monoisotopic (exact) mass is 197 g/mol. The average Bonchev–Trinajstić information content (AvgIpc) is 2.66. The van der Waals surface area contributed by atoms with Crippen LogP contribution in [-0.2, 0) is 11.3 Å². The van der Waals surface area contributed by atoms with Gasteiger partial charge in [-0.3, -0.25) is 4.79 Å². The number of hydrogen-bond acceptors (Lipinski definition) is 4. The van der Waals surface area contributed by atoms with Crippen LogP contribution >= 0.6 is 0 Å². The second-order valence-electron chi connectivity index (χ2n) is 3.07. The molecular formula is C8H15N5O. The zero-order valence-electron chi connectivity index (χ0n) is 8.18. The van der Waals surface area contributed by atoms with Crippen molar-refractivity contribution in [1.29, 1.82) is 0 Å². The van der Waals surface area contributed by atoms with Crippen LogP contribution in [0.15, 0.2) is 12.4 Å². The molecule has 0 aliphatic heterocycles. The molecule has 1 atom stereocenters. The summed E-state index contributed by atoms with van der Waals surface area (Å²) >= 11 is 0. The van der Waals surface area contributed by atoms with E-state index in [0.29, 0.717) is 6.54 Å². The number of aromatic nitrogens is 3. The Morgan fingerprint density at radius 1 is 1.71 bits per heavy atom. The van der Waals surface area contributed by atoms with Gasteiger partial charge in [0, 0.05) is 18.8 Å². The maximum Gasteiger partial charge on any atom is 0.241 e. The Balaban J connectivity index is 2.23. The fourth-order valence-electron chi connectivity index (χ4n) is 0.909. The molecule has 78 valence electrons. The Morgan fingerprint density at radius 3 is 3.07 bits per heavy atom. The third-order valence-electron chi connectivity index (χ3n) is 1.86. The molecule has 1 unspecified atom stereocenters. The summed E-state index contributed by atoms with van der Waals surface area (Å²) in [5.41, 5.74) is 5.65. The molecule has 0 aliphatic carbocycles. The number of hydrogen-bond donors (Lipinski definition) is 2. The molecule has 0 bridgehead atoms. The quantitative estimate of drug-likeness (QED) is 0.642. The normalized spacial score (nSPS) is 12.4. The Kier molecular flexibility index (Phi) is 4.06. The highest BCUT2D eigenvalue weighted by molar-refractivity contribution is 5.75. The lowest BCUT2D eigenvalue weighted by Crippen LogP contribution is -2.38. The summed E-state index contributed by atoms with van der Waals surface area (Å²) < 4.78 is 1.47. The van der Waals surface area contributed by atoms with E-state index in [1.54, 1.807) is 6.20 Å². The molecule has 1 heterocycles. The van der Waals surface area contributed by atoms with Crippen molar-refractivity contribution in [2.75, 3.05) is 6.54 Å². The van der Waals surface area contributed by atoms with Gasteiger partial charge < -0.3 is 11.1 Å². The number of carbonyl (C=O) groups is 1. The summed E-state index contributed by atoms with van der Waals surface area (Å²) in [6.45, 7) is 2.68. The first-order valence-corrected chi connectivity index (χ1v) is 4.58. The zero-order valence-corrected chi connectivity index (χ0v) is 8.18. The Morgan fingerprint density at radius 2 is 2.50 bits per heavy atom. The Labute approximate surface area is 82.5 Å². The molecule has 0 aromatic carbocycles. The molecule has 0 radical (unpaired) electrons. The van der Waals surface area contributed by atoms with Crippen LogP contribution in [0.2, 0.25) is 0 Å². The SMILES string of the molecule is CCC(N)CNC(=O)Cn1ccnn1. The first kappa shape index (κ1) is 10.6. The second-order valence-corrected chi connectivity index (χ2v) is 3.07. The summed E-state index contributed by atoms with van der Waals surface area (Å²) in [6.07, 6.45) is 4.02. The van der Waals surface area contributed by atoms with Crippen LogP contribution < -0.4 is 11.1 Å². The smallest absolute Gasteiger partial charge is 0.241 e. The number of rotatable bonds is 5. The highest BCUT2D eigenvalue weighted by atomic mass is 16.2. The van der Waals surface area contributed by atoms with Gasteiger partial charge in [0.2, 0.25) is 5.91 Å². The number of nitrogens with one attached hydrogen (secondary N) is 1.